The van der Waals surface area contributed by atoms with Crippen LogP contribution in [0.2, 0.25) is 0 Å². The summed E-state index contributed by atoms with van der Waals surface area (Å²) in [6, 6.07) is 0. The maximum Gasteiger partial charge on any atom is 0.306 e. The van der Waals surface area contributed by atoms with Crippen LogP contribution in [0.5, 0.6) is 0 Å². The Balaban J connectivity index is 4.84. The number of ether oxygens (including phenoxy) is 2. The molecule has 0 saturated heterocycles. The molecule has 2 unspecified atom stereocenters. The first kappa shape index (κ1) is 18.7. The van der Waals surface area contributed by atoms with E-state index in [4.69, 9.17) is 9.47 Å². The van der Waals surface area contributed by atoms with Gasteiger partial charge < -0.3 is 9.47 Å². The van der Waals surface area contributed by atoms with E-state index in [-0.39, 0.29) is 24.1 Å². The first-order valence-corrected chi connectivity index (χ1v) is 7.57. The van der Waals surface area contributed by atoms with Crippen LogP contribution >= 0.6 is 0 Å². The minimum Gasteiger partial charge on any atom is -0.458 e. The number of esters is 2. The number of hydrogen-bond donors (Lipinski definition) is 0. The quantitative estimate of drug-likeness (QED) is 0.452. The molecular weight excluding hydrogens is 256 g/mol. The van der Waals surface area contributed by atoms with Crippen LogP contribution < -0.4 is 0 Å². The van der Waals surface area contributed by atoms with Gasteiger partial charge in [-0.3, -0.25) is 9.59 Å². The highest BCUT2D eigenvalue weighted by Gasteiger charge is 2.25. The van der Waals surface area contributed by atoms with E-state index < -0.39 is 0 Å². The van der Waals surface area contributed by atoms with Crippen LogP contribution in [-0.2, 0) is 19.1 Å². The predicted molar refractivity (Wildman–Crippen MR) is 79.3 cm³/mol. The van der Waals surface area contributed by atoms with Gasteiger partial charge in [0.25, 0.3) is 0 Å². The van der Waals surface area contributed by atoms with Crippen LogP contribution in [0, 0.1) is 0 Å². The summed E-state index contributed by atoms with van der Waals surface area (Å²) in [5.74, 6) is -0.497. The number of rotatable bonds is 10. The second kappa shape index (κ2) is 10.5. The van der Waals surface area contributed by atoms with Crippen molar-refractivity contribution in [1.82, 2.24) is 0 Å². The van der Waals surface area contributed by atoms with Gasteiger partial charge in [0.1, 0.15) is 12.2 Å². The molecule has 0 rings (SSSR count). The fraction of sp³-hybridized carbons (Fsp3) is 0.750. The van der Waals surface area contributed by atoms with E-state index in [0.717, 1.165) is 12.8 Å². The van der Waals surface area contributed by atoms with E-state index in [0.29, 0.717) is 31.3 Å². The van der Waals surface area contributed by atoms with E-state index in [2.05, 4.69) is 6.58 Å². The van der Waals surface area contributed by atoms with Gasteiger partial charge in [-0.15, -0.1) is 0 Å². The summed E-state index contributed by atoms with van der Waals surface area (Å²) in [6.45, 7) is 11.6. The van der Waals surface area contributed by atoms with Gasteiger partial charge in [0.2, 0.25) is 0 Å². The highest BCUT2D eigenvalue weighted by Crippen LogP contribution is 2.22. The molecule has 20 heavy (non-hydrogen) atoms. The van der Waals surface area contributed by atoms with Crippen LogP contribution in [0.4, 0.5) is 0 Å². The summed E-state index contributed by atoms with van der Waals surface area (Å²) in [6.07, 6.45) is 3.09. The fourth-order valence-electron chi connectivity index (χ4n) is 1.86. The molecule has 0 aliphatic heterocycles. The molecule has 0 heterocycles. The Morgan fingerprint density at radius 2 is 1.20 bits per heavy atom. The first-order chi connectivity index (χ1) is 9.49. The normalized spacial score (nSPS) is 13.4. The molecule has 0 aromatic heterocycles. The second-order valence-corrected chi connectivity index (χ2v) is 4.82. The summed E-state index contributed by atoms with van der Waals surface area (Å²) in [7, 11) is 0. The highest BCUT2D eigenvalue weighted by atomic mass is 16.6. The minimum atomic E-state index is -0.367. The Labute approximate surface area is 122 Å². The zero-order valence-electron chi connectivity index (χ0n) is 13.2. The van der Waals surface area contributed by atoms with Crippen LogP contribution in [0.15, 0.2) is 12.2 Å². The van der Waals surface area contributed by atoms with Crippen molar-refractivity contribution >= 4 is 11.9 Å². The Morgan fingerprint density at radius 1 is 0.850 bits per heavy atom. The molecule has 0 amide bonds. The summed E-state index contributed by atoms with van der Waals surface area (Å²) in [4.78, 5) is 23.0. The van der Waals surface area contributed by atoms with E-state index >= 15 is 0 Å². The van der Waals surface area contributed by atoms with Crippen LogP contribution in [-0.4, -0.2) is 24.1 Å². The molecule has 0 aromatic carbocycles. The third-order valence-corrected chi connectivity index (χ3v) is 3.05. The van der Waals surface area contributed by atoms with Crippen molar-refractivity contribution in [1.29, 1.82) is 0 Å². The third kappa shape index (κ3) is 6.73. The van der Waals surface area contributed by atoms with Crippen LogP contribution in [0.1, 0.15) is 66.2 Å². The van der Waals surface area contributed by atoms with Crippen molar-refractivity contribution in [3.8, 4) is 0 Å². The van der Waals surface area contributed by atoms with Gasteiger partial charge in [-0.1, -0.05) is 47.1 Å². The van der Waals surface area contributed by atoms with Crippen molar-refractivity contribution in [2.24, 2.45) is 0 Å². The van der Waals surface area contributed by atoms with Crippen molar-refractivity contribution in [2.45, 2.75) is 78.4 Å². The van der Waals surface area contributed by atoms with Gasteiger partial charge in [-0.05, 0) is 12.8 Å². The van der Waals surface area contributed by atoms with Gasteiger partial charge in [0.05, 0.1) is 0 Å². The molecule has 4 nitrogen and oxygen atoms in total. The Morgan fingerprint density at radius 3 is 1.45 bits per heavy atom. The second-order valence-electron chi connectivity index (χ2n) is 4.82. The molecule has 0 spiro atoms. The predicted octanol–water partition coefficient (Wildman–Crippen LogP) is 3.79. The Bertz CT molecular complexity index is 292. The Hall–Kier alpha value is -1.32. The molecule has 0 radical (unpaired) electrons. The van der Waals surface area contributed by atoms with Gasteiger partial charge in [-0.2, -0.15) is 0 Å². The standard InChI is InChI=1S/C16H28O4/c1-6-10-13(19-15(17)8-3)12(5)14(11-7-2)20-16(18)9-4/h13-14H,5-11H2,1-4H3. The monoisotopic (exact) mass is 284 g/mol. The van der Waals surface area contributed by atoms with E-state index in [9.17, 15) is 9.59 Å². The smallest absolute Gasteiger partial charge is 0.306 e. The molecule has 0 saturated carbocycles. The Kier molecular flexibility index (Phi) is 9.77. The molecule has 0 aliphatic carbocycles. The van der Waals surface area contributed by atoms with Gasteiger partial charge in [0.15, 0.2) is 0 Å². The summed E-state index contributed by atoms with van der Waals surface area (Å²) < 4.78 is 10.8. The van der Waals surface area contributed by atoms with E-state index in [1.54, 1.807) is 13.8 Å². The van der Waals surface area contributed by atoms with Gasteiger partial charge >= 0.3 is 11.9 Å². The number of carbonyl (C=O) groups excluding carboxylic acids is 2. The van der Waals surface area contributed by atoms with Crippen molar-refractivity contribution < 1.29 is 19.1 Å². The van der Waals surface area contributed by atoms with Gasteiger partial charge in [0, 0.05) is 18.4 Å². The average Bonchev–Trinajstić information content (AvgIpc) is 2.45. The molecule has 0 aliphatic rings. The minimum absolute atomic E-state index is 0.248. The molecule has 2 atom stereocenters. The topological polar surface area (TPSA) is 52.6 Å². The fourth-order valence-corrected chi connectivity index (χ4v) is 1.86. The molecular formula is C16H28O4. The third-order valence-electron chi connectivity index (χ3n) is 3.05. The van der Waals surface area contributed by atoms with Gasteiger partial charge in [-0.25, -0.2) is 0 Å². The summed E-state index contributed by atoms with van der Waals surface area (Å²) in [5, 5.41) is 0. The zero-order valence-corrected chi connectivity index (χ0v) is 13.2. The van der Waals surface area contributed by atoms with Crippen LogP contribution in [0.3, 0.4) is 0 Å². The zero-order chi connectivity index (χ0) is 15.5. The van der Waals surface area contributed by atoms with Crippen molar-refractivity contribution in [3.05, 3.63) is 12.2 Å². The lowest BCUT2D eigenvalue weighted by Crippen LogP contribution is -2.29. The van der Waals surface area contributed by atoms with E-state index in [1.165, 1.54) is 0 Å². The average molecular weight is 284 g/mol. The van der Waals surface area contributed by atoms with E-state index in [1.807, 2.05) is 13.8 Å². The molecule has 0 bridgehead atoms. The lowest BCUT2D eigenvalue weighted by molar-refractivity contribution is -0.150. The molecule has 0 N–H and O–H groups in total. The first-order valence-electron chi connectivity index (χ1n) is 7.57. The lowest BCUT2D eigenvalue weighted by Gasteiger charge is -2.26. The van der Waals surface area contributed by atoms with Crippen molar-refractivity contribution in [2.75, 3.05) is 0 Å². The number of hydrogen-bond acceptors (Lipinski definition) is 4. The highest BCUT2D eigenvalue weighted by molar-refractivity contribution is 5.70. The maximum absolute atomic E-state index is 11.5. The molecule has 0 fully saturated rings. The maximum atomic E-state index is 11.5. The molecule has 0 aromatic rings. The van der Waals surface area contributed by atoms with Crippen LogP contribution in [0.25, 0.3) is 0 Å². The lowest BCUT2D eigenvalue weighted by atomic mass is 9.98. The molecule has 4 heteroatoms. The SMILES string of the molecule is C=C(C(CCC)OC(=O)CC)C(CCC)OC(=O)CC. The summed E-state index contributed by atoms with van der Waals surface area (Å²) in [5.41, 5.74) is 0.692. The number of carbonyl (C=O) groups is 2. The summed E-state index contributed by atoms with van der Waals surface area (Å²) >= 11 is 0. The largest absolute Gasteiger partial charge is 0.458 e. The molecule has 116 valence electrons. The van der Waals surface area contributed by atoms with Crippen molar-refractivity contribution in [3.63, 3.8) is 0 Å².